The third-order valence-corrected chi connectivity index (χ3v) is 1.51. The third kappa shape index (κ3) is 5.26. The first kappa shape index (κ1) is 15.9. The van der Waals surface area contributed by atoms with Crippen LogP contribution in [0.3, 0.4) is 0 Å². The van der Waals surface area contributed by atoms with Crippen molar-refractivity contribution >= 4 is 24.0 Å². The second kappa shape index (κ2) is 7.84. The Labute approximate surface area is 102 Å². The van der Waals surface area contributed by atoms with Crippen LogP contribution in [-0.2, 0) is 24.3 Å². The van der Waals surface area contributed by atoms with Gasteiger partial charge in [-0.1, -0.05) is 30.3 Å². The smallest absolute Gasteiger partial charge is 0.170 e. The summed E-state index contributed by atoms with van der Waals surface area (Å²) in [7, 11) is 0. The number of rotatable bonds is 3. The van der Waals surface area contributed by atoms with Crippen LogP contribution < -0.4 is 0 Å². The van der Waals surface area contributed by atoms with E-state index < -0.39 is 0 Å². The summed E-state index contributed by atoms with van der Waals surface area (Å²) >= 11 is 0. The van der Waals surface area contributed by atoms with Crippen LogP contribution in [0.5, 0.6) is 0 Å². The molecule has 0 unspecified atom stereocenters. The number of hydrogen-bond acceptors (Lipinski definition) is 2. The van der Waals surface area contributed by atoms with Gasteiger partial charge in [0.15, 0.2) is 5.78 Å². The number of hydrogen-bond donors (Lipinski definition) is 0. The Morgan fingerprint density at radius 2 is 1.64 bits per heavy atom. The normalized spacial score (nSPS) is 8.07. The SMILES string of the molecule is CC(=O)CC(=O)c1ccccc1.Cl.[Zn]. The van der Waals surface area contributed by atoms with Gasteiger partial charge >= 0.3 is 0 Å². The van der Waals surface area contributed by atoms with Crippen molar-refractivity contribution in [2.45, 2.75) is 13.3 Å². The quantitative estimate of drug-likeness (QED) is 0.476. The summed E-state index contributed by atoms with van der Waals surface area (Å²) in [5.74, 6) is -0.202. The van der Waals surface area contributed by atoms with Crippen LogP contribution in [0.1, 0.15) is 23.7 Å². The zero-order valence-electron chi connectivity index (χ0n) is 8.03. The summed E-state index contributed by atoms with van der Waals surface area (Å²) in [5.41, 5.74) is 0.604. The molecular formula is C10H11ClO2Zn. The van der Waals surface area contributed by atoms with Crippen LogP contribution in [0.15, 0.2) is 30.3 Å². The van der Waals surface area contributed by atoms with E-state index >= 15 is 0 Å². The van der Waals surface area contributed by atoms with E-state index in [0.717, 1.165) is 0 Å². The number of carbonyl (C=O) groups is 2. The summed E-state index contributed by atoms with van der Waals surface area (Å²) in [6.45, 7) is 1.42. The Hall–Kier alpha value is -0.527. The van der Waals surface area contributed by atoms with Crippen molar-refractivity contribution in [3.63, 3.8) is 0 Å². The largest absolute Gasteiger partial charge is 0.300 e. The van der Waals surface area contributed by atoms with Gasteiger partial charge in [0.25, 0.3) is 0 Å². The van der Waals surface area contributed by atoms with Crippen molar-refractivity contribution < 1.29 is 29.1 Å². The van der Waals surface area contributed by atoms with E-state index in [0.29, 0.717) is 5.56 Å². The first-order valence-corrected chi connectivity index (χ1v) is 3.78. The summed E-state index contributed by atoms with van der Waals surface area (Å²) < 4.78 is 0. The minimum Gasteiger partial charge on any atom is -0.300 e. The monoisotopic (exact) mass is 262 g/mol. The molecule has 0 saturated heterocycles. The van der Waals surface area contributed by atoms with Gasteiger partial charge in [-0.05, 0) is 6.92 Å². The Bertz CT molecular complexity index is 298. The molecule has 0 fully saturated rings. The van der Waals surface area contributed by atoms with Crippen LogP contribution in [0, 0.1) is 0 Å². The molecule has 0 N–H and O–H groups in total. The fraction of sp³-hybridized carbons (Fsp3) is 0.200. The second-order valence-electron chi connectivity index (χ2n) is 2.67. The fourth-order valence-electron chi connectivity index (χ4n) is 0.952. The molecule has 0 aliphatic rings. The predicted octanol–water partition coefficient (Wildman–Crippen LogP) is 2.27. The van der Waals surface area contributed by atoms with Crippen LogP contribution >= 0.6 is 12.4 Å². The standard InChI is InChI=1S/C10H10O2.ClH.Zn/c1-8(11)7-10(12)9-5-3-2-4-6-9;;/h2-6H,7H2,1H3;1H;. The van der Waals surface area contributed by atoms with Gasteiger partial charge in [-0.25, -0.2) is 0 Å². The van der Waals surface area contributed by atoms with Gasteiger partial charge in [-0.3, -0.25) is 9.59 Å². The minimum atomic E-state index is -0.108. The number of ketones is 2. The van der Waals surface area contributed by atoms with E-state index in [4.69, 9.17) is 0 Å². The summed E-state index contributed by atoms with van der Waals surface area (Å²) in [6.07, 6.45) is 0.00398. The Morgan fingerprint density at radius 3 is 2.07 bits per heavy atom. The summed E-state index contributed by atoms with van der Waals surface area (Å²) in [4.78, 5) is 21.8. The molecule has 0 atom stereocenters. The van der Waals surface area contributed by atoms with Crippen molar-refractivity contribution in [1.29, 1.82) is 0 Å². The van der Waals surface area contributed by atoms with Crippen molar-refractivity contribution in [3.8, 4) is 0 Å². The molecule has 0 aliphatic carbocycles. The van der Waals surface area contributed by atoms with Crippen molar-refractivity contribution in [2.24, 2.45) is 0 Å². The van der Waals surface area contributed by atoms with Crippen molar-refractivity contribution in [2.75, 3.05) is 0 Å². The molecule has 0 aliphatic heterocycles. The maximum Gasteiger partial charge on any atom is 0.170 e. The molecule has 0 spiro atoms. The van der Waals surface area contributed by atoms with E-state index in [9.17, 15) is 9.59 Å². The molecule has 14 heavy (non-hydrogen) atoms. The molecule has 0 amide bonds. The number of benzene rings is 1. The average molecular weight is 264 g/mol. The van der Waals surface area contributed by atoms with E-state index in [2.05, 4.69) is 0 Å². The molecule has 0 bridgehead atoms. The van der Waals surface area contributed by atoms with E-state index in [1.807, 2.05) is 6.07 Å². The van der Waals surface area contributed by atoms with Gasteiger partial charge in [0, 0.05) is 25.0 Å². The van der Waals surface area contributed by atoms with Gasteiger partial charge in [-0.15, -0.1) is 12.4 Å². The number of halogens is 1. The molecule has 1 aromatic rings. The molecule has 0 aromatic heterocycles. The fourth-order valence-corrected chi connectivity index (χ4v) is 0.952. The van der Waals surface area contributed by atoms with Crippen LogP contribution in [0.4, 0.5) is 0 Å². The van der Waals surface area contributed by atoms with Crippen LogP contribution in [0.2, 0.25) is 0 Å². The molecule has 1 aromatic carbocycles. The summed E-state index contributed by atoms with van der Waals surface area (Å²) in [5, 5.41) is 0. The van der Waals surface area contributed by atoms with Crippen LogP contribution in [-0.4, -0.2) is 11.6 Å². The molecular weight excluding hydrogens is 253 g/mol. The van der Waals surface area contributed by atoms with Gasteiger partial charge in [-0.2, -0.15) is 0 Å². The van der Waals surface area contributed by atoms with Crippen molar-refractivity contribution in [1.82, 2.24) is 0 Å². The zero-order chi connectivity index (χ0) is 8.97. The zero-order valence-corrected chi connectivity index (χ0v) is 11.8. The van der Waals surface area contributed by atoms with E-state index in [1.54, 1.807) is 24.3 Å². The molecule has 2 nitrogen and oxygen atoms in total. The van der Waals surface area contributed by atoms with Gasteiger partial charge in [0.1, 0.15) is 5.78 Å². The number of Topliss-reactive ketones (excluding diaryl/α,β-unsaturated/α-hetero) is 2. The Kier molecular flexibility index (Phi) is 8.92. The maximum atomic E-state index is 11.2. The third-order valence-electron chi connectivity index (χ3n) is 1.51. The number of carbonyl (C=O) groups excluding carboxylic acids is 2. The Balaban J connectivity index is 0. The molecule has 1 rings (SSSR count). The molecule has 0 saturated carbocycles. The predicted molar refractivity (Wildman–Crippen MR) is 53.3 cm³/mol. The topological polar surface area (TPSA) is 34.1 Å². The molecule has 0 radical (unpaired) electrons. The van der Waals surface area contributed by atoms with E-state index in [-0.39, 0.29) is 49.9 Å². The average Bonchev–Trinajstić information content (AvgIpc) is 2.05. The first-order valence-electron chi connectivity index (χ1n) is 3.78. The first-order chi connectivity index (χ1) is 5.70. The second-order valence-corrected chi connectivity index (χ2v) is 2.67. The van der Waals surface area contributed by atoms with Crippen molar-refractivity contribution in [3.05, 3.63) is 35.9 Å². The van der Waals surface area contributed by atoms with Gasteiger partial charge in [0.05, 0.1) is 6.42 Å². The maximum absolute atomic E-state index is 11.2. The van der Waals surface area contributed by atoms with E-state index in [1.165, 1.54) is 6.92 Å². The van der Waals surface area contributed by atoms with Gasteiger partial charge < -0.3 is 0 Å². The van der Waals surface area contributed by atoms with Crippen LogP contribution in [0.25, 0.3) is 0 Å². The molecule has 4 heteroatoms. The molecule has 0 heterocycles. The molecule has 72 valence electrons. The summed E-state index contributed by atoms with van der Waals surface area (Å²) in [6, 6.07) is 8.84. The van der Waals surface area contributed by atoms with Gasteiger partial charge in [0.2, 0.25) is 0 Å². The Morgan fingerprint density at radius 1 is 1.14 bits per heavy atom. The minimum absolute atomic E-state index is 0.